The number of aliphatic carboxylic acids is 1. The zero-order valence-electron chi connectivity index (χ0n) is 9.50. The molecule has 0 rings (SSSR count). The minimum absolute atomic E-state index is 0.00780. The van der Waals surface area contributed by atoms with Gasteiger partial charge < -0.3 is 15.2 Å². The van der Waals surface area contributed by atoms with E-state index in [2.05, 4.69) is 16.6 Å². The summed E-state index contributed by atoms with van der Waals surface area (Å²) in [6.45, 7) is 3.21. The second-order valence-corrected chi connectivity index (χ2v) is 3.39. The molecule has 5 nitrogen and oxygen atoms in total. The summed E-state index contributed by atoms with van der Waals surface area (Å²) >= 11 is 0. The van der Waals surface area contributed by atoms with Crippen LogP contribution in [0.4, 0.5) is 18.0 Å². The number of rotatable bonds is 7. The first-order chi connectivity index (χ1) is 8.29. The number of hydrogen-bond donors (Lipinski definition) is 2. The molecule has 0 aromatic heterocycles. The fourth-order valence-electron chi connectivity index (χ4n) is 1.11. The number of amides is 1. The second-order valence-electron chi connectivity index (χ2n) is 3.39. The number of carboxylic acid groups (broad SMARTS) is 1. The lowest BCUT2D eigenvalue weighted by Gasteiger charge is -2.15. The van der Waals surface area contributed by atoms with Crippen molar-refractivity contribution in [2.45, 2.75) is 19.0 Å². The van der Waals surface area contributed by atoms with Gasteiger partial charge in [0, 0.05) is 6.54 Å². The first-order valence-corrected chi connectivity index (χ1v) is 5.10. The van der Waals surface area contributed by atoms with Crippen molar-refractivity contribution in [3.05, 3.63) is 12.7 Å². The quantitative estimate of drug-likeness (QED) is 0.547. The van der Waals surface area contributed by atoms with Crippen LogP contribution in [0.2, 0.25) is 0 Å². The predicted octanol–water partition coefficient (Wildman–Crippen LogP) is 1.94. The zero-order valence-corrected chi connectivity index (χ0v) is 9.50. The Morgan fingerprint density at radius 2 is 2.06 bits per heavy atom. The van der Waals surface area contributed by atoms with Crippen LogP contribution < -0.4 is 5.32 Å². The van der Waals surface area contributed by atoms with E-state index in [-0.39, 0.29) is 19.6 Å². The molecular weight excluding hydrogens is 255 g/mol. The molecule has 8 heteroatoms. The van der Waals surface area contributed by atoms with Gasteiger partial charge in [-0.15, -0.1) is 0 Å². The Bertz CT molecular complexity index is 304. The van der Waals surface area contributed by atoms with E-state index in [4.69, 9.17) is 5.11 Å². The maximum absolute atomic E-state index is 12.2. The standard InChI is InChI=1S/C10H14F3NO4/c1-2-6-18-9(17)14-5-3-4-7(8(15)16)10(11,12)13/h2,7H,1,3-6H2,(H,14,17)(H,15,16). The van der Waals surface area contributed by atoms with Gasteiger partial charge >= 0.3 is 18.2 Å². The molecule has 0 saturated heterocycles. The van der Waals surface area contributed by atoms with E-state index in [0.29, 0.717) is 0 Å². The Kier molecular flexibility index (Phi) is 6.84. The Balaban J connectivity index is 3.91. The minimum atomic E-state index is -4.78. The number of alkyl carbamates (subject to hydrolysis) is 1. The number of alkyl halides is 3. The number of nitrogens with one attached hydrogen (secondary N) is 1. The molecule has 0 saturated carbocycles. The van der Waals surface area contributed by atoms with Gasteiger partial charge in [0.25, 0.3) is 0 Å². The molecule has 0 fully saturated rings. The molecule has 0 spiro atoms. The van der Waals surface area contributed by atoms with Crippen molar-refractivity contribution in [2.24, 2.45) is 5.92 Å². The van der Waals surface area contributed by atoms with E-state index in [9.17, 15) is 22.8 Å². The molecule has 0 aromatic rings. The molecule has 1 unspecified atom stereocenters. The number of carboxylic acids is 1. The second kappa shape index (κ2) is 7.57. The topological polar surface area (TPSA) is 75.6 Å². The van der Waals surface area contributed by atoms with Gasteiger partial charge in [-0.2, -0.15) is 13.2 Å². The van der Waals surface area contributed by atoms with Gasteiger partial charge in [-0.05, 0) is 12.8 Å². The molecule has 0 aromatic carbocycles. The molecule has 1 atom stereocenters. The van der Waals surface area contributed by atoms with Crippen molar-refractivity contribution in [3.8, 4) is 0 Å². The molecule has 0 aliphatic heterocycles. The van der Waals surface area contributed by atoms with Crippen LogP contribution in [0, 0.1) is 5.92 Å². The number of carbonyl (C=O) groups excluding carboxylic acids is 1. The highest BCUT2D eigenvalue weighted by atomic mass is 19.4. The van der Waals surface area contributed by atoms with Crippen molar-refractivity contribution in [3.63, 3.8) is 0 Å². The summed E-state index contributed by atoms with van der Waals surface area (Å²) in [7, 11) is 0. The highest BCUT2D eigenvalue weighted by Crippen LogP contribution is 2.29. The van der Waals surface area contributed by atoms with Crippen molar-refractivity contribution >= 4 is 12.1 Å². The Labute approximate surface area is 102 Å². The van der Waals surface area contributed by atoms with Crippen molar-refractivity contribution < 1.29 is 32.6 Å². The number of ether oxygens (including phenoxy) is 1. The molecule has 1 amide bonds. The van der Waals surface area contributed by atoms with Crippen LogP contribution >= 0.6 is 0 Å². The van der Waals surface area contributed by atoms with Crippen LogP contribution in [0.15, 0.2) is 12.7 Å². The average molecular weight is 269 g/mol. The zero-order chi connectivity index (χ0) is 14.2. The number of carbonyl (C=O) groups is 2. The van der Waals surface area contributed by atoms with E-state index < -0.39 is 30.6 Å². The van der Waals surface area contributed by atoms with Gasteiger partial charge in [-0.3, -0.25) is 4.79 Å². The third-order valence-corrected chi connectivity index (χ3v) is 1.96. The Hall–Kier alpha value is -1.73. The molecule has 104 valence electrons. The van der Waals surface area contributed by atoms with Crippen LogP contribution in [0.25, 0.3) is 0 Å². The van der Waals surface area contributed by atoms with E-state index in [0.717, 1.165) is 0 Å². The summed E-state index contributed by atoms with van der Waals surface area (Å²) < 4.78 is 41.2. The minimum Gasteiger partial charge on any atom is -0.481 e. The van der Waals surface area contributed by atoms with Gasteiger partial charge in [0.15, 0.2) is 5.92 Å². The number of hydrogen-bond acceptors (Lipinski definition) is 3. The lowest BCUT2D eigenvalue weighted by atomic mass is 10.0. The van der Waals surface area contributed by atoms with Crippen LogP contribution in [-0.4, -0.2) is 36.5 Å². The highest BCUT2D eigenvalue weighted by molar-refractivity contribution is 5.71. The first kappa shape index (κ1) is 16.3. The van der Waals surface area contributed by atoms with Crippen molar-refractivity contribution in [1.29, 1.82) is 0 Å². The normalized spacial score (nSPS) is 12.6. The lowest BCUT2D eigenvalue weighted by molar-refractivity contribution is -0.194. The molecule has 2 N–H and O–H groups in total. The maximum atomic E-state index is 12.2. The Morgan fingerprint density at radius 1 is 1.44 bits per heavy atom. The van der Waals surface area contributed by atoms with Crippen molar-refractivity contribution in [1.82, 2.24) is 5.32 Å². The third kappa shape index (κ3) is 6.77. The molecule has 0 aliphatic rings. The predicted molar refractivity (Wildman–Crippen MR) is 56.0 cm³/mol. The smallest absolute Gasteiger partial charge is 0.407 e. The monoisotopic (exact) mass is 269 g/mol. The summed E-state index contributed by atoms with van der Waals surface area (Å²) in [5, 5.41) is 10.6. The van der Waals surface area contributed by atoms with Crippen molar-refractivity contribution in [2.75, 3.05) is 13.2 Å². The fraction of sp³-hybridized carbons (Fsp3) is 0.600. The molecule has 0 heterocycles. The molecule has 0 bridgehead atoms. The average Bonchev–Trinajstić information content (AvgIpc) is 2.23. The highest BCUT2D eigenvalue weighted by Gasteiger charge is 2.44. The first-order valence-electron chi connectivity index (χ1n) is 5.10. The van der Waals surface area contributed by atoms with E-state index in [1.54, 1.807) is 0 Å². The van der Waals surface area contributed by atoms with E-state index in [1.165, 1.54) is 6.08 Å². The van der Waals surface area contributed by atoms with E-state index in [1.807, 2.05) is 0 Å². The summed E-state index contributed by atoms with van der Waals surface area (Å²) in [6, 6.07) is 0. The van der Waals surface area contributed by atoms with Gasteiger partial charge in [0.2, 0.25) is 0 Å². The van der Waals surface area contributed by atoms with Gasteiger partial charge in [-0.25, -0.2) is 4.79 Å². The molecular formula is C10H14F3NO4. The summed E-state index contributed by atoms with van der Waals surface area (Å²) in [4.78, 5) is 21.2. The van der Waals surface area contributed by atoms with Crippen LogP contribution in [0.3, 0.4) is 0 Å². The maximum Gasteiger partial charge on any atom is 0.407 e. The van der Waals surface area contributed by atoms with Gasteiger partial charge in [-0.1, -0.05) is 12.7 Å². The summed E-state index contributed by atoms with van der Waals surface area (Å²) in [5.41, 5.74) is 0. The largest absolute Gasteiger partial charge is 0.481 e. The van der Waals surface area contributed by atoms with Crippen LogP contribution in [-0.2, 0) is 9.53 Å². The van der Waals surface area contributed by atoms with Crippen LogP contribution in [0.1, 0.15) is 12.8 Å². The van der Waals surface area contributed by atoms with Gasteiger partial charge in [0.05, 0.1) is 0 Å². The lowest BCUT2D eigenvalue weighted by Crippen LogP contribution is -2.32. The summed E-state index contributed by atoms with van der Waals surface area (Å²) in [6.07, 6.45) is -4.94. The fourth-order valence-corrected chi connectivity index (χ4v) is 1.11. The van der Waals surface area contributed by atoms with E-state index >= 15 is 0 Å². The van der Waals surface area contributed by atoms with Gasteiger partial charge in [0.1, 0.15) is 6.61 Å². The Morgan fingerprint density at radius 3 is 2.50 bits per heavy atom. The number of halogens is 3. The summed E-state index contributed by atoms with van der Waals surface area (Å²) in [5.74, 6) is -4.33. The van der Waals surface area contributed by atoms with Crippen LogP contribution in [0.5, 0.6) is 0 Å². The molecule has 0 radical (unpaired) electrons. The molecule has 0 aliphatic carbocycles. The SMILES string of the molecule is C=CCOC(=O)NCCCC(C(=O)O)C(F)(F)F. The third-order valence-electron chi connectivity index (χ3n) is 1.96. The molecule has 18 heavy (non-hydrogen) atoms.